The van der Waals surface area contributed by atoms with Crippen molar-refractivity contribution in [3.63, 3.8) is 0 Å². The second-order valence-corrected chi connectivity index (χ2v) is 10.1. The summed E-state index contributed by atoms with van der Waals surface area (Å²) in [4.78, 5) is 4.33. The number of nitrogens with zero attached hydrogens (tertiary/aromatic N) is 3. The van der Waals surface area contributed by atoms with Crippen LogP contribution >= 0.6 is 0 Å². The number of benzene rings is 3. The monoisotopic (exact) mass is 519 g/mol. The number of hydrogen-bond acceptors (Lipinski definition) is 6. The molecule has 0 fully saturated rings. The molecule has 1 heterocycles. The molecule has 0 aliphatic rings. The van der Waals surface area contributed by atoms with Crippen LogP contribution in [0.2, 0.25) is 0 Å². The quantitative estimate of drug-likeness (QED) is 0.227. The summed E-state index contributed by atoms with van der Waals surface area (Å²) < 4.78 is 13.8. The molecule has 0 saturated heterocycles. The lowest BCUT2D eigenvalue weighted by molar-refractivity contribution is 0.0921. The maximum absolute atomic E-state index is 11.2. The molecular weight excluding hydrogens is 478 g/mol. The van der Waals surface area contributed by atoms with Crippen molar-refractivity contribution in [2.24, 2.45) is 0 Å². The largest absolute Gasteiger partial charge is 0.493 e. The minimum atomic E-state index is -0.575. The molecule has 0 bridgehead atoms. The van der Waals surface area contributed by atoms with Crippen LogP contribution in [-0.4, -0.2) is 84.7 Å². The number of aliphatic hydroxyl groups is 2. The first-order chi connectivity index (χ1) is 18.5. The third-order valence-electron chi connectivity index (χ3n) is 6.82. The van der Waals surface area contributed by atoms with Crippen LogP contribution in [0.15, 0.2) is 66.7 Å². The fourth-order valence-electron chi connectivity index (χ4n) is 5.05. The molecule has 3 aromatic carbocycles. The molecule has 1 atom stereocenters. The van der Waals surface area contributed by atoms with E-state index < -0.39 is 6.10 Å². The Morgan fingerprint density at radius 2 is 1.55 bits per heavy atom. The number of methoxy groups -OCH3 is 1. The first-order valence-electron chi connectivity index (χ1n) is 13.4. The Morgan fingerprint density at radius 1 is 0.868 bits per heavy atom. The molecule has 7 heteroatoms. The number of hydrogen-bond donors (Lipinski definition) is 2. The zero-order valence-corrected chi connectivity index (χ0v) is 22.8. The van der Waals surface area contributed by atoms with Crippen LogP contribution in [0.5, 0.6) is 11.5 Å². The summed E-state index contributed by atoms with van der Waals surface area (Å²) in [6.45, 7) is 4.02. The smallest absolute Gasteiger partial charge is 0.161 e. The summed E-state index contributed by atoms with van der Waals surface area (Å²) in [7, 11) is 5.76. The van der Waals surface area contributed by atoms with Gasteiger partial charge in [0.05, 0.1) is 26.4 Å². The first-order valence-corrected chi connectivity index (χ1v) is 13.4. The third-order valence-corrected chi connectivity index (χ3v) is 6.82. The van der Waals surface area contributed by atoms with E-state index in [4.69, 9.17) is 9.47 Å². The van der Waals surface area contributed by atoms with E-state index in [1.54, 1.807) is 7.11 Å². The van der Waals surface area contributed by atoms with Gasteiger partial charge in [-0.3, -0.25) is 4.90 Å². The fraction of sp³-hybridized carbons (Fsp3) is 0.419. The molecule has 0 aliphatic carbocycles. The molecule has 0 aliphatic heterocycles. The van der Waals surface area contributed by atoms with Crippen LogP contribution in [0, 0.1) is 0 Å². The van der Waals surface area contributed by atoms with Crippen molar-refractivity contribution in [1.82, 2.24) is 14.4 Å². The maximum Gasteiger partial charge on any atom is 0.161 e. The fourth-order valence-corrected chi connectivity index (χ4v) is 5.05. The van der Waals surface area contributed by atoms with Crippen molar-refractivity contribution in [3.05, 3.63) is 72.3 Å². The van der Waals surface area contributed by atoms with Gasteiger partial charge in [-0.1, -0.05) is 42.5 Å². The molecule has 4 rings (SSSR count). The van der Waals surface area contributed by atoms with Crippen LogP contribution < -0.4 is 9.47 Å². The molecule has 2 N–H and O–H groups in total. The van der Waals surface area contributed by atoms with Gasteiger partial charge in [0.2, 0.25) is 0 Å². The van der Waals surface area contributed by atoms with Crippen molar-refractivity contribution < 1.29 is 19.7 Å². The highest BCUT2D eigenvalue weighted by atomic mass is 16.5. The molecule has 0 amide bonds. The standard InChI is InChI=1S/C31H41N3O4/c1-32(2)16-9-19-38-30-15-14-24(20-31(30)37-3)21-33(17-8-18-35)22-25(36)23-34-28-12-6-4-10-26(28)27-11-5-7-13-29(27)34/h4-7,10-15,20,25,35-36H,8-9,16-19,21-23H2,1-3H3. The van der Waals surface area contributed by atoms with Crippen molar-refractivity contribution in [1.29, 1.82) is 0 Å². The van der Waals surface area contributed by atoms with Crippen molar-refractivity contribution in [2.45, 2.75) is 32.0 Å². The van der Waals surface area contributed by atoms with E-state index in [1.807, 2.05) is 24.3 Å². The Kier molecular flexibility index (Phi) is 10.0. The van der Waals surface area contributed by atoms with E-state index in [9.17, 15) is 10.2 Å². The van der Waals surface area contributed by atoms with Crippen LogP contribution in [0.25, 0.3) is 21.8 Å². The van der Waals surface area contributed by atoms with E-state index in [-0.39, 0.29) is 6.61 Å². The van der Waals surface area contributed by atoms with Gasteiger partial charge in [0, 0.05) is 54.6 Å². The molecule has 0 saturated carbocycles. The number of para-hydroxylation sites is 2. The number of aliphatic hydroxyl groups excluding tert-OH is 2. The van der Waals surface area contributed by atoms with Crippen LogP contribution in [0.3, 0.4) is 0 Å². The summed E-state index contributed by atoms with van der Waals surface area (Å²) in [6.07, 6.45) is 1.01. The normalized spacial score (nSPS) is 12.6. The SMILES string of the molecule is COc1cc(CN(CCCO)CC(O)Cn2c3ccccc3c3ccccc32)ccc1OCCCN(C)C. The van der Waals surface area contributed by atoms with Gasteiger partial charge < -0.3 is 29.2 Å². The molecule has 1 unspecified atom stereocenters. The topological polar surface area (TPSA) is 70.3 Å². The lowest BCUT2D eigenvalue weighted by atomic mass is 10.1. The molecular formula is C31H41N3O4. The summed E-state index contributed by atoms with van der Waals surface area (Å²) in [5, 5.41) is 23.1. The van der Waals surface area contributed by atoms with E-state index in [0.29, 0.717) is 45.0 Å². The van der Waals surface area contributed by atoms with Crippen molar-refractivity contribution in [2.75, 3.05) is 54.1 Å². The van der Waals surface area contributed by atoms with Crippen LogP contribution in [0.4, 0.5) is 0 Å². The summed E-state index contributed by atoms with van der Waals surface area (Å²) >= 11 is 0. The minimum Gasteiger partial charge on any atom is -0.493 e. The number of fused-ring (bicyclic) bond motifs is 3. The second kappa shape index (κ2) is 13.6. The van der Waals surface area contributed by atoms with E-state index >= 15 is 0 Å². The van der Waals surface area contributed by atoms with E-state index in [0.717, 1.165) is 35.3 Å². The predicted octanol–water partition coefficient (Wildman–Crippen LogP) is 4.38. The minimum absolute atomic E-state index is 0.114. The summed E-state index contributed by atoms with van der Waals surface area (Å²) in [5.74, 6) is 1.45. The van der Waals surface area contributed by atoms with Crippen LogP contribution in [0.1, 0.15) is 18.4 Å². The van der Waals surface area contributed by atoms with Gasteiger partial charge in [-0.05, 0) is 56.8 Å². The van der Waals surface area contributed by atoms with Gasteiger partial charge in [0.25, 0.3) is 0 Å². The Labute approximate surface area is 225 Å². The number of aromatic nitrogens is 1. The molecule has 0 radical (unpaired) electrons. The molecule has 0 spiro atoms. The maximum atomic E-state index is 11.2. The molecule has 204 valence electrons. The predicted molar refractivity (Wildman–Crippen MR) is 154 cm³/mol. The van der Waals surface area contributed by atoms with E-state index in [2.05, 4.69) is 70.9 Å². The van der Waals surface area contributed by atoms with E-state index in [1.165, 1.54) is 10.8 Å². The highest BCUT2D eigenvalue weighted by Crippen LogP contribution is 2.30. The average molecular weight is 520 g/mol. The van der Waals surface area contributed by atoms with Gasteiger partial charge >= 0.3 is 0 Å². The number of rotatable bonds is 15. The summed E-state index contributed by atoms with van der Waals surface area (Å²) in [5.41, 5.74) is 3.32. The highest BCUT2D eigenvalue weighted by Gasteiger charge is 2.17. The molecule has 4 aromatic rings. The van der Waals surface area contributed by atoms with Gasteiger partial charge in [-0.15, -0.1) is 0 Å². The van der Waals surface area contributed by atoms with Crippen LogP contribution in [-0.2, 0) is 13.1 Å². The lowest BCUT2D eigenvalue weighted by Gasteiger charge is -2.26. The third kappa shape index (κ3) is 7.05. The zero-order valence-electron chi connectivity index (χ0n) is 22.8. The summed E-state index contributed by atoms with van der Waals surface area (Å²) in [6, 6.07) is 22.7. The Balaban J connectivity index is 1.45. The van der Waals surface area contributed by atoms with Crippen molar-refractivity contribution >= 4 is 21.8 Å². The van der Waals surface area contributed by atoms with Gasteiger partial charge in [0.1, 0.15) is 0 Å². The molecule has 7 nitrogen and oxygen atoms in total. The number of ether oxygens (including phenoxy) is 2. The average Bonchev–Trinajstić information content (AvgIpc) is 3.23. The Bertz CT molecular complexity index is 1250. The van der Waals surface area contributed by atoms with Crippen molar-refractivity contribution in [3.8, 4) is 11.5 Å². The Hall–Kier alpha value is -3.10. The zero-order chi connectivity index (χ0) is 26.9. The van der Waals surface area contributed by atoms with Gasteiger partial charge in [0.15, 0.2) is 11.5 Å². The molecule has 1 aromatic heterocycles. The second-order valence-electron chi connectivity index (χ2n) is 10.1. The van der Waals surface area contributed by atoms with Gasteiger partial charge in [-0.25, -0.2) is 0 Å². The molecule has 38 heavy (non-hydrogen) atoms. The first kappa shape index (κ1) is 27.9. The van der Waals surface area contributed by atoms with Gasteiger partial charge in [-0.2, -0.15) is 0 Å². The Morgan fingerprint density at radius 3 is 2.18 bits per heavy atom. The highest BCUT2D eigenvalue weighted by molar-refractivity contribution is 6.07. The lowest BCUT2D eigenvalue weighted by Crippen LogP contribution is -2.35.